The molecule has 0 N–H and O–H groups in total. The molecule has 0 aliphatic carbocycles. The summed E-state index contributed by atoms with van der Waals surface area (Å²) in [6.07, 6.45) is 6.55. The molecular weight excluding hydrogens is 377 g/mol. The van der Waals surface area contributed by atoms with Crippen LogP contribution in [0.4, 0.5) is 0 Å². The van der Waals surface area contributed by atoms with Crippen LogP contribution in [0.25, 0.3) is 32.7 Å². The predicted octanol–water partition coefficient (Wildman–Crippen LogP) is 5.03. The number of aromatic nitrogens is 5. The van der Waals surface area contributed by atoms with E-state index in [1.165, 1.54) is 11.3 Å². The second-order valence-electron chi connectivity index (χ2n) is 5.01. The van der Waals surface area contributed by atoms with Crippen molar-refractivity contribution in [1.82, 2.24) is 24.9 Å². The van der Waals surface area contributed by atoms with Crippen LogP contribution in [-0.2, 0) is 0 Å². The summed E-state index contributed by atoms with van der Waals surface area (Å²) in [7, 11) is 0. The van der Waals surface area contributed by atoms with Crippen LogP contribution in [0.5, 0.6) is 0 Å². The highest BCUT2D eigenvalue weighted by Crippen LogP contribution is 2.37. The number of nitrogens with zero attached hydrogens (tertiary/aromatic N) is 5. The van der Waals surface area contributed by atoms with Crippen molar-refractivity contribution < 1.29 is 0 Å². The van der Waals surface area contributed by atoms with E-state index in [9.17, 15) is 0 Å². The first kappa shape index (κ1) is 16.1. The molecular formula is C17H9Cl2N5S. The van der Waals surface area contributed by atoms with Crippen LogP contribution in [0, 0.1) is 0 Å². The number of hydrogen-bond acceptors (Lipinski definition) is 6. The quantitative estimate of drug-likeness (QED) is 0.494. The zero-order chi connectivity index (χ0) is 17.2. The van der Waals surface area contributed by atoms with Gasteiger partial charge in [0.25, 0.3) is 0 Å². The van der Waals surface area contributed by atoms with E-state index < -0.39 is 0 Å². The summed E-state index contributed by atoms with van der Waals surface area (Å²) >= 11 is 13.6. The molecule has 5 nitrogen and oxygen atoms in total. The van der Waals surface area contributed by atoms with E-state index in [1.54, 1.807) is 24.8 Å². The Morgan fingerprint density at radius 2 is 1.64 bits per heavy atom. The van der Waals surface area contributed by atoms with E-state index in [4.69, 9.17) is 23.2 Å². The summed E-state index contributed by atoms with van der Waals surface area (Å²) in [6.45, 7) is 0. The van der Waals surface area contributed by atoms with E-state index in [1.807, 2.05) is 30.3 Å². The van der Waals surface area contributed by atoms with Gasteiger partial charge in [0.05, 0.1) is 15.6 Å². The molecule has 0 aromatic carbocycles. The summed E-state index contributed by atoms with van der Waals surface area (Å²) in [5.74, 6) is 0.499. The van der Waals surface area contributed by atoms with E-state index in [2.05, 4.69) is 24.9 Å². The van der Waals surface area contributed by atoms with Crippen molar-refractivity contribution in [2.45, 2.75) is 0 Å². The fourth-order valence-corrected chi connectivity index (χ4v) is 3.56. The first-order valence-electron chi connectivity index (χ1n) is 7.23. The van der Waals surface area contributed by atoms with E-state index in [-0.39, 0.29) is 0 Å². The predicted molar refractivity (Wildman–Crippen MR) is 99.6 cm³/mol. The molecule has 4 rings (SSSR count). The SMILES string of the molecule is Clc1cnc(-c2cccc(-c3sc(-c4cccnc4)nc3Cl)n2)nc1. The standard InChI is InChI=1S/C17H9Cl2N5S/c18-11-8-21-16(22-9-11)13-5-1-4-12(23-13)14-15(19)24-17(25-14)10-3-2-6-20-7-10/h1-9H. The average Bonchev–Trinajstić information content (AvgIpc) is 3.05. The summed E-state index contributed by atoms with van der Waals surface area (Å²) in [5.41, 5.74) is 2.27. The summed E-state index contributed by atoms with van der Waals surface area (Å²) < 4.78 is 0. The maximum absolute atomic E-state index is 6.34. The molecule has 0 aliphatic rings. The fourth-order valence-electron chi connectivity index (χ4n) is 2.20. The molecule has 8 heteroatoms. The third kappa shape index (κ3) is 3.37. The zero-order valence-electron chi connectivity index (χ0n) is 12.6. The molecule has 0 radical (unpaired) electrons. The first-order chi connectivity index (χ1) is 12.2. The fraction of sp³-hybridized carbons (Fsp3) is 0. The molecule has 0 aliphatic heterocycles. The maximum Gasteiger partial charge on any atom is 0.178 e. The van der Waals surface area contributed by atoms with Gasteiger partial charge in [-0.2, -0.15) is 0 Å². The molecule has 0 amide bonds. The van der Waals surface area contributed by atoms with Gasteiger partial charge >= 0.3 is 0 Å². The smallest absolute Gasteiger partial charge is 0.178 e. The Kier molecular flexibility index (Phi) is 4.40. The van der Waals surface area contributed by atoms with Gasteiger partial charge in [-0.15, -0.1) is 11.3 Å². The maximum atomic E-state index is 6.34. The lowest BCUT2D eigenvalue weighted by Gasteiger charge is -2.02. The Morgan fingerprint density at radius 1 is 0.840 bits per heavy atom. The van der Waals surface area contributed by atoms with Gasteiger partial charge in [0.1, 0.15) is 15.9 Å². The third-order valence-corrected chi connectivity index (χ3v) is 5.03. The van der Waals surface area contributed by atoms with E-state index in [0.717, 1.165) is 15.4 Å². The minimum absolute atomic E-state index is 0.408. The van der Waals surface area contributed by atoms with Gasteiger partial charge in [0.2, 0.25) is 0 Å². The van der Waals surface area contributed by atoms with Crippen molar-refractivity contribution in [3.8, 4) is 32.7 Å². The highest BCUT2D eigenvalue weighted by molar-refractivity contribution is 7.19. The Bertz CT molecular complexity index is 1020. The molecule has 0 bridgehead atoms. The monoisotopic (exact) mass is 385 g/mol. The first-order valence-corrected chi connectivity index (χ1v) is 8.80. The van der Waals surface area contributed by atoms with Crippen molar-refractivity contribution in [3.05, 3.63) is 65.3 Å². The van der Waals surface area contributed by atoms with Crippen LogP contribution in [0.3, 0.4) is 0 Å². The molecule has 4 heterocycles. The van der Waals surface area contributed by atoms with Gasteiger partial charge in [0, 0.05) is 30.4 Å². The Balaban J connectivity index is 1.74. The molecule has 0 saturated heterocycles. The van der Waals surface area contributed by atoms with Crippen LogP contribution < -0.4 is 0 Å². The van der Waals surface area contributed by atoms with Crippen LogP contribution in [0.1, 0.15) is 0 Å². The molecule has 0 atom stereocenters. The van der Waals surface area contributed by atoms with Crippen LogP contribution in [-0.4, -0.2) is 24.9 Å². The van der Waals surface area contributed by atoms with Crippen LogP contribution in [0.2, 0.25) is 10.2 Å². The lowest BCUT2D eigenvalue weighted by molar-refractivity contribution is 1.14. The van der Waals surface area contributed by atoms with Gasteiger partial charge in [0.15, 0.2) is 5.82 Å². The highest BCUT2D eigenvalue weighted by Gasteiger charge is 2.15. The van der Waals surface area contributed by atoms with Crippen LogP contribution in [0.15, 0.2) is 55.1 Å². The van der Waals surface area contributed by atoms with Gasteiger partial charge in [-0.05, 0) is 24.3 Å². The topological polar surface area (TPSA) is 64.5 Å². The molecule has 4 aromatic rings. The van der Waals surface area contributed by atoms with E-state index >= 15 is 0 Å². The summed E-state index contributed by atoms with van der Waals surface area (Å²) in [5, 5.41) is 1.68. The third-order valence-electron chi connectivity index (χ3n) is 3.33. The van der Waals surface area contributed by atoms with Gasteiger partial charge < -0.3 is 0 Å². The number of halogens is 2. The summed E-state index contributed by atoms with van der Waals surface area (Å²) in [6, 6.07) is 9.41. The molecule has 4 aromatic heterocycles. The van der Waals surface area contributed by atoms with Gasteiger partial charge in [-0.1, -0.05) is 29.3 Å². The minimum atomic E-state index is 0.408. The number of pyridine rings is 2. The molecule has 0 saturated carbocycles. The Labute approximate surface area is 157 Å². The largest absolute Gasteiger partial charge is 0.264 e. The Hall–Kier alpha value is -2.41. The number of thiazole rings is 1. The molecule has 25 heavy (non-hydrogen) atoms. The second kappa shape index (κ2) is 6.84. The molecule has 0 spiro atoms. The minimum Gasteiger partial charge on any atom is -0.264 e. The van der Waals surface area contributed by atoms with Crippen molar-refractivity contribution in [3.63, 3.8) is 0 Å². The molecule has 122 valence electrons. The van der Waals surface area contributed by atoms with Crippen molar-refractivity contribution in [2.75, 3.05) is 0 Å². The van der Waals surface area contributed by atoms with Gasteiger partial charge in [-0.3, -0.25) is 4.98 Å². The zero-order valence-corrected chi connectivity index (χ0v) is 14.9. The average molecular weight is 386 g/mol. The normalized spacial score (nSPS) is 10.8. The molecule has 0 fully saturated rings. The number of hydrogen-bond donors (Lipinski definition) is 0. The van der Waals surface area contributed by atoms with Crippen LogP contribution >= 0.6 is 34.5 Å². The highest BCUT2D eigenvalue weighted by atomic mass is 35.5. The van der Waals surface area contributed by atoms with E-state index in [0.29, 0.717) is 27.4 Å². The van der Waals surface area contributed by atoms with Gasteiger partial charge in [-0.25, -0.2) is 19.9 Å². The Morgan fingerprint density at radius 3 is 2.40 bits per heavy atom. The summed E-state index contributed by atoms with van der Waals surface area (Å²) in [4.78, 5) is 22.3. The lowest BCUT2D eigenvalue weighted by Crippen LogP contribution is -1.92. The lowest BCUT2D eigenvalue weighted by atomic mass is 10.2. The van der Waals surface area contributed by atoms with Crippen molar-refractivity contribution in [2.24, 2.45) is 0 Å². The second-order valence-corrected chi connectivity index (χ2v) is 6.81. The van der Waals surface area contributed by atoms with Crippen molar-refractivity contribution >= 4 is 34.5 Å². The van der Waals surface area contributed by atoms with Crippen molar-refractivity contribution in [1.29, 1.82) is 0 Å². The molecule has 0 unspecified atom stereocenters. The number of rotatable bonds is 3.